The van der Waals surface area contributed by atoms with Gasteiger partial charge in [0.1, 0.15) is 18.5 Å². The Balaban J connectivity index is 1.70. The van der Waals surface area contributed by atoms with Crippen LogP contribution in [0.2, 0.25) is 0 Å². The third-order valence-corrected chi connectivity index (χ3v) is 3.98. The second-order valence-electron chi connectivity index (χ2n) is 5.82. The van der Waals surface area contributed by atoms with E-state index >= 15 is 0 Å². The number of terminal acetylenes is 1. The van der Waals surface area contributed by atoms with E-state index < -0.39 is 11.0 Å². The lowest BCUT2D eigenvalue weighted by atomic mass is 10.2. The van der Waals surface area contributed by atoms with Gasteiger partial charge in [0.2, 0.25) is 0 Å². The van der Waals surface area contributed by atoms with Gasteiger partial charge in [-0.15, -0.1) is 12.3 Å². The van der Waals surface area contributed by atoms with Crippen LogP contribution >= 0.6 is 0 Å². The van der Waals surface area contributed by atoms with E-state index in [1.165, 1.54) is 12.1 Å². The number of aliphatic hydroxyl groups is 1. The minimum absolute atomic E-state index is 0.0231. The molecule has 1 aromatic rings. The fraction of sp³-hybridized carbons (Fsp3) is 0.529. The van der Waals surface area contributed by atoms with Crippen LogP contribution in [0.5, 0.6) is 5.75 Å². The van der Waals surface area contributed by atoms with Crippen LogP contribution in [-0.4, -0.2) is 71.8 Å². The average Bonchev–Trinajstić information content (AvgIpc) is 2.59. The van der Waals surface area contributed by atoms with Crippen LogP contribution in [0.1, 0.15) is 6.42 Å². The molecule has 0 radical (unpaired) electrons. The molecule has 1 aromatic carbocycles. The third kappa shape index (κ3) is 5.81. The van der Waals surface area contributed by atoms with Crippen molar-refractivity contribution in [3.63, 3.8) is 0 Å². The Morgan fingerprint density at radius 3 is 2.71 bits per heavy atom. The van der Waals surface area contributed by atoms with Crippen molar-refractivity contribution in [2.24, 2.45) is 0 Å². The van der Waals surface area contributed by atoms with E-state index in [0.717, 1.165) is 39.1 Å². The van der Waals surface area contributed by atoms with Crippen LogP contribution in [0.15, 0.2) is 24.3 Å². The van der Waals surface area contributed by atoms with Crippen molar-refractivity contribution in [1.29, 1.82) is 0 Å². The summed E-state index contributed by atoms with van der Waals surface area (Å²) in [6.45, 7) is 5.22. The van der Waals surface area contributed by atoms with Crippen molar-refractivity contribution in [2.45, 2.75) is 12.5 Å². The number of nitrogens with zero attached hydrogens (tertiary/aromatic N) is 3. The Labute approximate surface area is 142 Å². The quantitative estimate of drug-likeness (QED) is 0.434. The van der Waals surface area contributed by atoms with E-state index in [1.54, 1.807) is 12.1 Å². The molecule has 24 heavy (non-hydrogen) atoms. The molecule has 0 bridgehead atoms. The maximum Gasteiger partial charge on any atom is 0.273 e. The number of rotatable bonds is 8. The first-order valence-corrected chi connectivity index (χ1v) is 8.02. The van der Waals surface area contributed by atoms with Gasteiger partial charge in [0, 0.05) is 51.8 Å². The van der Waals surface area contributed by atoms with Crippen LogP contribution in [-0.2, 0) is 0 Å². The molecule has 2 rings (SSSR count). The first-order chi connectivity index (χ1) is 11.6. The van der Waals surface area contributed by atoms with E-state index in [-0.39, 0.29) is 12.3 Å². The number of nitro groups is 1. The zero-order valence-electron chi connectivity index (χ0n) is 13.6. The molecule has 1 aliphatic rings. The predicted octanol–water partition coefficient (Wildman–Crippen LogP) is 0.975. The summed E-state index contributed by atoms with van der Waals surface area (Å²) in [6.07, 6.45) is 5.40. The monoisotopic (exact) mass is 333 g/mol. The normalized spacial score (nSPS) is 17.2. The molecule has 1 saturated heterocycles. The molecule has 7 heteroatoms. The van der Waals surface area contributed by atoms with Gasteiger partial charge < -0.3 is 9.84 Å². The average molecular weight is 333 g/mol. The summed E-state index contributed by atoms with van der Waals surface area (Å²) in [7, 11) is 0. The lowest BCUT2D eigenvalue weighted by Gasteiger charge is -2.35. The minimum atomic E-state index is -0.637. The molecule has 0 saturated carbocycles. The smallest absolute Gasteiger partial charge is 0.273 e. The van der Waals surface area contributed by atoms with Gasteiger partial charge in [-0.2, -0.15) is 0 Å². The summed E-state index contributed by atoms with van der Waals surface area (Å²) < 4.78 is 5.46. The van der Waals surface area contributed by atoms with Gasteiger partial charge in [-0.1, -0.05) is 6.07 Å². The summed E-state index contributed by atoms with van der Waals surface area (Å²) >= 11 is 0. The van der Waals surface area contributed by atoms with Crippen molar-refractivity contribution in [1.82, 2.24) is 9.80 Å². The molecule has 1 fully saturated rings. The summed E-state index contributed by atoms with van der Waals surface area (Å²) in [4.78, 5) is 14.8. The highest BCUT2D eigenvalue weighted by Gasteiger charge is 2.19. The molecule has 0 aliphatic carbocycles. The zero-order valence-corrected chi connectivity index (χ0v) is 13.6. The minimum Gasteiger partial charge on any atom is -0.491 e. The highest BCUT2D eigenvalue weighted by atomic mass is 16.6. The molecular weight excluding hydrogens is 310 g/mol. The van der Waals surface area contributed by atoms with Crippen LogP contribution < -0.4 is 4.74 Å². The molecule has 0 aromatic heterocycles. The number of β-amino-alcohol motifs (C(OH)–C–C–N with tert-alkyl or cyclic N) is 1. The van der Waals surface area contributed by atoms with E-state index in [2.05, 4.69) is 15.7 Å². The topological polar surface area (TPSA) is 79.1 Å². The molecule has 0 amide bonds. The van der Waals surface area contributed by atoms with Gasteiger partial charge in [0.15, 0.2) is 0 Å². The van der Waals surface area contributed by atoms with Gasteiger partial charge in [-0.25, -0.2) is 0 Å². The van der Waals surface area contributed by atoms with Crippen molar-refractivity contribution in [2.75, 3.05) is 45.9 Å². The molecule has 1 heterocycles. The fourth-order valence-electron chi connectivity index (χ4n) is 2.65. The highest BCUT2D eigenvalue weighted by Crippen LogP contribution is 2.19. The number of ether oxygens (including phenoxy) is 1. The third-order valence-electron chi connectivity index (χ3n) is 3.98. The van der Waals surface area contributed by atoms with Gasteiger partial charge in [-0.3, -0.25) is 19.9 Å². The van der Waals surface area contributed by atoms with Crippen molar-refractivity contribution < 1.29 is 14.8 Å². The maximum absolute atomic E-state index is 10.7. The van der Waals surface area contributed by atoms with Crippen molar-refractivity contribution in [3.8, 4) is 18.1 Å². The van der Waals surface area contributed by atoms with Gasteiger partial charge in [0.05, 0.1) is 11.0 Å². The zero-order chi connectivity index (χ0) is 17.4. The molecule has 7 nitrogen and oxygen atoms in total. The van der Waals surface area contributed by atoms with E-state index in [0.29, 0.717) is 12.3 Å². The second kappa shape index (κ2) is 9.23. The predicted molar refractivity (Wildman–Crippen MR) is 90.9 cm³/mol. The van der Waals surface area contributed by atoms with Crippen molar-refractivity contribution >= 4 is 5.69 Å². The fourth-order valence-corrected chi connectivity index (χ4v) is 2.65. The van der Waals surface area contributed by atoms with E-state index in [4.69, 9.17) is 11.2 Å². The number of nitro benzene ring substituents is 1. The Hall–Kier alpha value is -2.14. The summed E-state index contributed by atoms with van der Waals surface area (Å²) in [5.74, 6) is 3.04. The Morgan fingerprint density at radius 1 is 1.33 bits per heavy atom. The first kappa shape index (κ1) is 18.2. The molecule has 1 aliphatic heterocycles. The molecule has 1 atom stereocenters. The van der Waals surface area contributed by atoms with E-state index in [1.807, 2.05) is 0 Å². The van der Waals surface area contributed by atoms with Crippen LogP contribution in [0.25, 0.3) is 0 Å². The summed E-state index contributed by atoms with van der Waals surface area (Å²) in [5, 5.41) is 20.8. The highest BCUT2D eigenvalue weighted by molar-refractivity contribution is 5.37. The Bertz CT molecular complexity index is 579. The first-order valence-electron chi connectivity index (χ1n) is 8.02. The van der Waals surface area contributed by atoms with Gasteiger partial charge in [-0.05, 0) is 6.07 Å². The standard InChI is InChI=1S/C17H23N3O4/c1-2-3-7-18-8-10-19(11-9-18)13-16(21)14-24-17-6-4-5-15(12-17)20(22)23/h1,4-6,12,16,21H,3,7-11,13-14H2. The number of non-ortho nitro benzene ring substituents is 1. The van der Waals surface area contributed by atoms with Gasteiger partial charge in [0.25, 0.3) is 5.69 Å². The Morgan fingerprint density at radius 2 is 2.04 bits per heavy atom. The second-order valence-corrected chi connectivity index (χ2v) is 5.82. The van der Waals surface area contributed by atoms with Crippen LogP contribution in [0.3, 0.4) is 0 Å². The SMILES string of the molecule is C#CCCN1CCN(CC(O)COc2cccc([N+](=O)[O-])c2)CC1. The number of benzene rings is 1. The number of piperazine rings is 1. The molecular formula is C17H23N3O4. The number of hydrogen-bond donors (Lipinski definition) is 1. The molecule has 1 unspecified atom stereocenters. The largest absolute Gasteiger partial charge is 0.491 e. The molecule has 130 valence electrons. The Kier molecular flexibility index (Phi) is 7.00. The van der Waals surface area contributed by atoms with Gasteiger partial charge >= 0.3 is 0 Å². The maximum atomic E-state index is 10.7. The van der Waals surface area contributed by atoms with Crippen molar-refractivity contribution in [3.05, 3.63) is 34.4 Å². The number of hydrogen-bond acceptors (Lipinski definition) is 6. The number of aliphatic hydroxyl groups excluding tert-OH is 1. The lowest BCUT2D eigenvalue weighted by Crippen LogP contribution is -2.49. The summed E-state index contributed by atoms with van der Waals surface area (Å²) in [5.41, 5.74) is -0.0231. The molecule has 0 spiro atoms. The van der Waals surface area contributed by atoms with Crippen LogP contribution in [0, 0.1) is 22.5 Å². The molecule has 1 N–H and O–H groups in total. The lowest BCUT2D eigenvalue weighted by molar-refractivity contribution is -0.384. The summed E-state index contributed by atoms with van der Waals surface area (Å²) in [6, 6.07) is 5.97. The van der Waals surface area contributed by atoms with Crippen LogP contribution in [0.4, 0.5) is 5.69 Å². The van der Waals surface area contributed by atoms with E-state index in [9.17, 15) is 15.2 Å².